The van der Waals surface area contributed by atoms with Gasteiger partial charge in [0, 0.05) is 23.7 Å². The first kappa shape index (κ1) is 24.2. The number of carbonyl (C=O) groups is 1. The van der Waals surface area contributed by atoms with Gasteiger partial charge in [-0.2, -0.15) is 0 Å². The van der Waals surface area contributed by atoms with E-state index in [4.69, 9.17) is 10.5 Å². The van der Waals surface area contributed by atoms with E-state index in [2.05, 4.69) is 78.9 Å². The van der Waals surface area contributed by atoms with Gasteiger partial charge in [0.25, 0.3) is 0 Å². The molecule has 2 aromatic rings. The number of anilines is 1. The molecule has 0 amide bonds. The van der Waals surface area contributed by atoms with E-state index < -0.39 is 8.07 Å². The molecular formula is C26H39NO2Si. The van der Waals surface area contributed by atoms with Crippen LogP contribution in [0.5, 0.6) is 5.75 Å². The summed E-state index contributed by atoms with van der Waals surface area (Å²) in [6, 6.07) is 14.0. The summed E-state index contributed by atoms with van der Waals surface area (Å²) in [5, 5.41) is 1.43. The number of rotatable bonds is 5. The standard InChI is InChI=1S/C26H39NO2Si/c1-18(28)29-24-22(25(2,3)4)16-19(17-23(24)26(5,6)7)14-15-30(8,9)21-12-10-20(27)11-13-21/h10-13,16-17H,14-15,27H2,1-9H3. The minimum atomic E-state index is -1.59. The van der Waals surface area contributed by atoms with Crippen LogP contribution < -0.4 is 15.7 Å². The Kier molecular flexibility index (Phi) is 6.92. The summed E-state index contributed by atoms with van der Waals surface area (Å²) in [5.41, 5.74) is 9.98. The highest BCUT2D eigenvalue weighted by Crippen LogP contribution is 2.41. The summed E-state index contributed by atoms with van der Waals surface area (Å²) in [4.78, 5) is 11.9. The van der Waals surface area contributed by atoms with Gasteiger partial charge in [-0.15, -0.1) is 0 Å². The number of carbonyl (C=O) groups excluding carboxylic acids is 1. The third kappa shape index (κ3) is 5.97. The maximum Gasteiger partial charge on any atom is 0.308 e. The Morgan fingerprint density at radius 2 is 1.40 bits per heavy atom. The van der Waals surface area contributed by atoms with E-state index in [0.717, 1.165) is 35.0 Å². The summed E-state index contributed by atoms with van der Waals surface area (Å²) >= 11 is 0. The van der Waals surface area contributed by atoms with Crippen LogP contribution in [-0.2, 0) is 22.0 Å². The normalized spacial score (nSPS) is 12.7. The van der Waals surface area contributed by atoms with Gasteiger partial charge in [0.1, 0.15) is 5.75 Å². The van der Waals surface area contributed by atoms with E-state index in [-0.39, 0.29) is 16.8 Å². The van der Waals surface area contributed by atoms with E-state index in [1.54, 1.807) is 0 Å². The van der Waals surface area contributed by atoms with Crippen molar-refractivity contribution in [3.8, 4) is 5.75 Å². The van der Waals surface area contributed by atoms with Gasteiger partial charge < -0.3 is 10.5 Å². The van der Waals surface area contributed by atoms with Crippen molar-refractivity contribution in [2.24, 2.45) is 0 Å². The van der Waals surface area contributed by atoms with Crippen LogP contribution in [0.1, 0.15) is 65.2 Å². The van der Waals surface area contributed by atoms with Crippen LogP contribution >= 0.6 is 0 Å². The van der Waals surface area contributed by atoms with Crippen LogP contribution in [0, 0.1) is 0 Å². The van der Waals surface area contributed by atoms with Crippen molar-refractivity contribution >= 4 is 24.9 Å². The second-order valence-corrected chi connectivity index (χ2v) is 16.0. The fourth-order valence-electron chi connectivity index (χ4n) is 3.74. The van der Waals surface area contributed by atoms with Crippen LogP contribution in [0.2, 0.25) is 19.1 Å². The molecule has 2 N–H and O–H groups in total. The largest absolute Gasteiger partial charge is 0.426 e. The first-order valence-corrected chi connectivity index (χ1v) is 14.0. The summed E-state index contributed by atoms with van der Waals surface area (Å²) in [6.45, 7) is 19.4. The number of nitrogen functional groups attached to an aromatic ring is 1. The predicted octanol–water partition coefficient (Wildman–Crippen LogP) is 5.95. The lowest BCUT2D eigenvalue weighted by atomic mass is 9.78. The fraction of sp³-hybridized carbons (Fsp3) is 0.500. The highest BCUT2D eigenvalue weighted by Gasteiger charge is 2.30. The number of aryl methyl sites for hydroxylation is 1. The predicted molar refractivity (Wildman–Crippen MR) is 132 cm³/mol. The molecule has 0 saturated heterocycles. The summed E-state index contributed by atoms with van der Waals surface area (Å²) in [6.07, 6.45) is 1.01. The molecule has 0 heterocycles. The smallest absolute Gasteiger partial charge is 0.308 e. The molecule has 0 spiro atoms. The van der Waals surface area contributed by atoms with Gasteiger partial charge in [0.2, 0.25) is 0 Å². The molecule has 0 aromatic heterocycles. The maximum atomic E-state index is 11.9. The summed E-state index contributed by atoms with van der Waals surface area (Å²) < 4.78 is 5.77. The molecule has 0 aliphatic carbocycles. The van der Waals surface area contributed by atoms with Gasteiger partial charge in [-0.3, -0.25) is 4.79 Å². The molecule has 2 aromatic carbocycles. The van der Waals surface area contributed by atoms with Crippen LogP contribution in [-0.4, -0.2) is 14.0 Å². The van der Waals surface area contributed by atoms with Crippen LogP contribution in [0.25, 0.3) is 0 Å². The maximum absolute atomic E-state index is 11.9. The zero-order valence-corrected chi connectivity index (χ0v) is 21.3. The lowest BCUT2D eigenvalue weighted by Gasteiger charge is -2.30. The zero-order valence-electron chi connectivity index (χ0n) is 20.3. The zero-order chi connectivity index (χ0) is 22.9. The van der Waals surface area contributed by atoms with E-state index in [0.29, 0.717) is 0 Å². The number of ether oxygens (including phenoxy) is 1. The molecule has 0 radical (unpaired) electrons. The molecule has 2 rings (SSSR count). The van der Waals surface area contributed by atoms with Gasteiger partial charge >= 0.3 is 5.97 Å². The van der Waals surface area contributed by atoms with Crippen LogP contribution in [0.15, 0.2) is 36.4 Å². The van der Waals surface area contributed by atoms with Gasteiger partial charge in [-0.1, -0.05) is 84.1 Å². The molecule has 4 heteroatoms. The third-order valence-corrected chi connectivity index (χ3v) is 9.14. The number of benzene rings is 2. The molecule has 0 aliphatic rings. The number of esters is 1. The Balaban J connectivity index is 2.47. The van der Waals surface area contributed by atoms with E-state index in [9.17, 15) is 4.79 Å². The Bertz CT molecular complexity index is 865. The Hall–Kier alpha value is -2.07. The molecule has 164 valence electrons. The van der Waals surface area contributed by atoms with Gasteiger partial charge in [0.05, 0.1) is 8.07 Å². The van der Waals surface area contributed by atoms with Gasteiger partial charge in [0.15, 0.2) is 0 Å². The molecule has 0 fully saturated rings. The van der Waals surface area contributed by atoms with E-state index in [1.165, 1.54) is 17.7 Å². The molecule has 0 atom stereocenters. The molecule has 30 heavy (non-hydrogen) atoms. The lowest BCUT2D eigenvalue weighted by molar-refractivity contribution is -0.132. The van der Waals surface area contributed by atoms with Gasteiger partial charge in [-0.05, 0) is 41.0 Å². The van der Waals surface area contributed by atoms with Crippen LogP contribution in [0.4, 0.5) is 5.69 Å². The van der Waals surface area contributed by atoms with Crippen molar-refractivity contribution in [3.05, 3.63) is 53.1 Å². The Morgan fingerprint density at radius 1 is 0.933 bits per heavy atom. The first-order chi connectivity index (χ1) is 13.6. The lowest BCUT2D eigenvalue weighted by Crippen LogP contribution is -2.41. The van der Waals surface area contributed by atoms with Crippen molar-refractivity contribution in [3.63, 3.8) is 0 Å². The average molecular weight is 426 g/mol. The van der Waals surface area contributed by atoms with E-state index >= 15 is 0 Å². The second kappa shape index (κ2) is 8.58. The van der Waals surface area contributed by atoms with Crippen LogP contribution in [0.3, 0.4) is 0 Å². The number of hydrogen-bond donors (Lipinski definition) is 1. The molecule has 0 saturated carbocycles. The highest BCUT2D eigenvalue weighted by atomic mass is 28.3. The number of nitrogens with two attached hydrogens (primary N) is 1. The van der Waals surface area contributed by atoms with Gasteiger partial charge in [-0.25, -0.2) is 0 Å². The number of hydrogen-bond acceptors (Lipinski definition) is 3. The molecule has 0 bridgehead atoms. The minimum absolute atomic E-state index is 0.120. The van der Waals surface area contributed by atoms with Crippen molar-refractivity contribution in [1.29, 1.82) is 0 Å². The Labute approximate surface area is 184 Å². The molecule has 0 unspecified atom stereocenters. The average Bonchev–Trinajstić information content (AvgIpc) is 2.58. The highest BCUT2D eigenvalue weighted by molar-refractivity contribution is 6.89. The Morgan fingerprint density at radius 3 is 1.80 bits per heavy atom. The summed E-state index contributed by atoms with van der Waals surface area (Å²) in [5.74, 6) is 0.469. The molecule has 0 aliphatic heterocycles. The van der Waals surface area contributed by atoms with Crippen molar-refractivity contribution in [1.82, 2.24) is 0 Å². The van der Waals surface area contributed by atoms with Crippen molar-refractivity contribution < 1.29 is 9.53 Å². The third-order valence-electron chi connectivity index (χ3n) is 5.74. The van der Waals surface area contributed by atoms with E-state index in [1.807, 2.05) is 12.1 Å². The first-order valence-electron chi connectivity index (χ1n) is 10.8. The minimum Gasteiger partial charge on any atom is -0.426 e. The molecule has 3 nitrogen and oxygen atoms in total. The summed E-state index contributed by atoms with van der Waals surface area (Å²) in [7, 11) is -1.59. The molecular weight excluding hydrogens is 386 g/mol. The van der Waals surface area contributed by atoms with Crippen molar-refractivity contribution in [2.45, 2.75) is 84.9 Å². The SMILES string of the molecule is CC(=O)Oc1c(C(C)(C)C)cc(CC[Si](C)(C)c2ccc(N)cc2)cc1C(C)(C)C. The second-order valence-electron chi connectivity index (χ2n) is 11.1. The topological polar surface area (TPSA) is 52.3 Å². The fourth-order valence-corrected chi connectivity index (χ4v) is 6.01. The van der Waals surface area contributed by atoms with Crippen molar-refractivity contribution in [2.75, 3.05) is 5.73 Å². The quantitative estimate of drug-likeness (QED) is 0.279. The monoisotopic (exact) mass is 425 g/mol.